The minimum absolute atomic E-state index is 0.00785. The molecule has 3 aromatic rings. The van der Waals surface area contributed by atoms with Gasteiger partial charge >= 0.3 is 0 Å². The number of hydrogen-bond acceptors (Lipinski definition) is 3. The molecule has 2 heterocycles. The molecule has 6 rings (SSSR count). The van der Waals surface area contributed by atoms with Crippen LogP contribution in [-0.4, -0.2) is 33.0 Å². The standard InChI is InChI=1S/C30H34N4O2/c1-18(19-8-10-20(11-9-19)28(35)31-23-6-4-5-7-23)34-17-22-14-21(12-13-24(22)29(34)36)27-25-15-30(2,3)16-26(25)32-33-27/h8-14,18,23H,4-7,15-17H2,1-3H3,(H,31,35)(H,32,33). The van der Waals surface area contributed by atoms with Crippen molar-refractivity contribution in [3.8, 4) is 11.3 Å². The third kappa shape index (κ3) is 4.02. The average molecular weight is 483 g/mol. The second-order valence-corrected chi connectivity index (χ2v) is 11.6. The molecule has 6 nitrogen and oxygen atoms in total. The molecular weight excluding hydrogens is 448 g/mol. The van der Waals surface area contributed by atoms with Crippen LogP contribution >= 0.6 is 0 Å². The van der Waals surface area contributed by atoms with Crippen LogP contribution in [0.2, 0.25) is 0 Å². The van der Waals surface area contributed by atoms with Gasteiger partial charge in [-0.1, -0.05) is 44.9 Å². The maximum absolute atomic E-state index is 13.3. The van der Waals surface area contributed by atoms with Gasteiger partial charge in [-0.15, -0.1) is 0 Å². The van der Waals surface area contributed by atoms with Crippen LogP contribution in [0.3, 0.4) is 0 Å². The number of carbonyl (C=O) groups is 2. The largest absolute Gasteiger partial charge is 0.349 e. The summed E-state index contributed by atoms with van der Waals surface area (Å²) in [4.78, 5) is 27.8. The number of aromatic amines is 1. The highest BCUT2D eigenvalue weighted by atomic mass is 16.2. The van der Waals surface area contributed by atoms with Gasteiger partial charge in [0, 0.05) is 40.5 Å². The van der Waals surface area contributed by atoms with Crippen molar-refractivity contribution < 1.29 is 9.59 Å². The van der Waals surface area contributed by atoms with Gasteiger partial charge in [0.2, 0.25) is 0 Å². The summed E-state index contributed by atoms with van der Waals surface area (Å²) in [6.07, 6.45) is 6.56. The van der Waals surface area contributed by atoms with Crippen molar-refractivity contribution in [3.05, 3.63) is 76.0 Å². The molecule has 1 fully saturated rings. The molecule has 2 amide bonds. The Morgan fingerprint density at radius 1 is 1.11 bits per heavy atom. The van der Waals surface area contributed by atoms with Gasteiger partial charge in [0.1, 0.15) is 0 Å². The number of H-pyrrole nitrogens is 1. The van der Waals surface area contributed by atoms with E-state index in [0.29, 0.717) is 18.2 Å². The van der Waals surface area contributed by atoms with Crippen molar-refractivity contribution in [1.82, 2.24) is 20.4 Å². The summed E-state index contributed by atoms with van der Waals surface area (Å²) in [6, 6.07) is 14.0. The predicted octanol–water partition coefficient (Wildman–Crippen LogP) is 5.59. The van der Waals surface area contributed by atoms with Crippen LogP contribution in [0.1, 0.15) is 95.6 Å². The van der Waals surface area contributed by atoms with Crippen molar-refractivity contribution in [2.75, 3.05) is 0 Å². The number of rotatable bonds is 5. The SMILES string of the molecule is CC(c1ccc(C(=O)NC2CCCC2)cc1)N1Cc2cc(-c3n[nH]c4c3CC(C)(C)C4)ccc2C1=O. The topological polar surface area (TPSA) is 78.1 Å². The summed E-state index contributed by atoms with van der Waals surface area (Å²) in [5.41, 5.74) is 8.41. The molecule has 36 heavy (non-hydrogen) atoms. The summed E-state index contributed by atoms with van der Waals surface area (Å²) in [6.45, 7) is 7.21. The highest BCUT2D eigenvalue weighted by Gasteiger charge is 2.35. The molecule has 1 saturated carbocycles. The van der Waals surface area contributed by atoms with E-state index in [9.17, 15) is 9.59 Å². The van der Waals surface area contributed by atoms with Crippen LogP contribution in [-0.2, 0) is 19.4 Å². The van der Waals surface area contributed by atoms with Gasteiger partial charge in [-0.25, -0.2) is 0 Å². The highest BCUT2D eigenvalue weighted by molar-refractivity contribution is 5.99. The number of hydrogen-bond donors (Lipinski definition) is 2. The number of aromatic nitrogens is 2. The number of nitrogens with zero attached hydrogens (tertiary/aromatic N) is 2. The maximum atomic E-state index is 13.3. The fourth-order valence-corrected chi connectivity index (χ4v) is 6.23. The Labute approximate surface area is 212 Å². The van der Waals surface area contributed by atoms with Gasteiger partial charge in [0.25, 0.3) is 11.8 Å². The van der Waals surface area contributed by atoms with Crippen LogP contribution in [0.5, 0.6) is 0 Å². The molecule has 1 atom stereocenters. The summed E-state index contributed by atoms with van der Waals surface area (Å²) >= 11 is 0. The first-order chi connectivity index (χ1) is 17.3. The maximum Gasteiger partial charge on any atom is 0.255 e. The predicted molar refractivity (Wildman–Crippen MR) is 140 cm³/mol. The normalized spacial score (nSPS) is 19.4. The summed E-state index contributed by atoms with van der Waals surface area (Å²) in [5, 5.41) is 11.0. The zero-order valence-electron chi connectivity index (χ0n) is 21.4. The number of carbonyl (C=O) groups excluding carboxylic acids is 2. The van der Waals surface area contributed by atoms with Crippen LogP contribution in [0, 0.1) is 5.41 Å². The van der Waals surface area contributed by atoms with Crippen molar-refractivity contribution in [1.29, 1.82) is 0 Å². The molecule has 0 radical (unpaired) electrons. The van der Waals surface area contributed by atoms with Gasteiger partial charge in [-0.3, -0.25) is 14.7 Å². The quantitative estimate of drug-likeness (QED) is 0.498. The Morgan fingerprint density at radius 2 is 1.86 bits per heavy atom. The van der Waals surface area contributed by atoms with Crippen molar-refractivity contribution in [2.45, 2.75) is 77.9 Å². The molecule has 6 heteroatoms. The molecule has 2 aliphatic carbocycles. The molecule has 186 valence electrons. The van der Waals surface area contributed by atoms with Gasteiger partial charge in [0.15, 0.2) is 0 Å². The second kappa shape index (κ2) is 8.61. The zero-order chi connectivity index (χ0) is 25.0. The molecule has 0 spiro atoms. The number of nitrogens with one attached hydrogen (secondary N) is 2. The minimum atomic E-state index is -0.0873. The molecule has 3 aliphatic rings. The fraction of sp³-hybridized carbons (Fsp3) is 0.433. The second-order valence-electron chi connectivity index (χ2n) is 11.6. The van der Waals surface area contributed by atoms with E-state index in [4.69, 9.17) is 0 Å². The van der Waals surface area contributed by atoms with Gasteiger partial charge in [-0.2, -0.15) is 5.10 Å². The first-order valence-corrected chi connectivity index (χ1v) is 13.2. The smallest absolute Gasteiger partial charge is 0.255 e. The molecule has 1 unspecified atom stereocenters. The molecule has 2 N–H and O–H groups in total. The van der Waals surface area contributed by atoms with E-state index in [0.717, 1.165) is 53.6 Å². The Balaban J connectivity index is 1.18. The van der Waals surface area contributed by atoms with Gasteiger partial charge in [0.05, 0.1) is 11.7 Å². The fourth-order valence-electron chi connectivity index (χ4n) is 6.23. The Kier molecular flexibility index (Phi) is 5.51. The zero-order valence-corrected chi connectivity index (χ0v) is 21.4. The highest BCUT2D eigenvalue weighted by Crippen LogP contribution is 2.41. The van der Waals surface area contributed by atoms with E-state index < -0.39 is 0 Å². The molecule has 0 bridgehead atoms. The molecule has 1 aliphatic heterocycles. The lowest BCUT2D eigenvalue weighted by Crippen LogP contribution is -2.32. The summed E-state index contributed by atoms with van der Waals surface area (Å²) in [7, 11) is 0. The van der Waals surface area contributed by atoms with E-state index in [-0.39, 0.29) is 23.3 Å². The van der Waals surface area contributed by atoms with E-state index >= 15 is 0 Å². The van der Waals surface area contributed by atoms with Crippen LogP contribution < -0.4 is 5.32 Å². The first-order valence-electron chi connectivity index (χ1n) is 13.2. The Bertz CT molecular complexity index is 1330. The van der Waals surface area contributed by atoms with E-state index in [1.54, 1.807) is 0 Å². The van der Waals surface area contributed by atoms with Gasteiger partial charge < -0.3 is 10.2 Å². The third-order valence-electron chi connectivity index (χ3n) is 8.29. The van der Waals surface area contributed by atoms with Crippen molar-refractivity contribution in [2.24, 2.45) is 5.41 Å². The molecule has 1 aromatic heterocycles. The summed E-state index contributed by atoms with van der Waals surface area (Å²) < 4.78 is 0. The lowest BCUT2D eigenvalue weighted by Gasteiger charge is -2.25. The Hall–Kier alpha value is -3.41. The monoisotopic (exact) mass is 482 g/mol. The summed E-state index contributed by atoms with van der Waals surface area (Å²) in [5.74, 6) is 0.0482. The Morgan fingerprint density at radius 3 is 2.61 bits per heavy atom. The number of amides is 2. The average Bonchev–Trinajstić information content (AvgIpc) is 3.63. The van der Waals surface area contributed by atoms with Gasteiger partial charge in [-0.05, 0) is 73.4 Å². The minimum Gasteiger partial charge on any atom is -0.349 e. The van der Waals surface area contributed by atoms with Crippen LogP contribution in [0.4, 0.5) is 0 Å². The number of fused-ring (bicyclic) bond motifs is 2. The molecule has 0 saturated heterocycles. The van der Waals surface area contributed by atoms with Crippen molar-refractivity contribution >= 4 is 11.8 Å². The van der Waals surface area contributed by atoms with E-state index in [1.807, 2.05) is 41.3 Å². The number of benzene rings is 2. The van der Waals surface area contributed by atoms with Crippen LogP contribution in [0.25, 0.3) is 11.3 Å². The van der Waals surface area contributed by atoms with Crippen LogP contribution in [0.15, 0.2) is 42.5 Å². The lowest BCUT2D eigenvalue weighted by atomic mass is 9.90. The van der Waals surface area contributed by atoms with E-state index in [1.165, 1.54) is 24.1 Å². The van der Waals surface area contributed by atoms with Crippen molar-refractivity contribution in [3.63, 3.8) is 0 Å². The first kappa shape index (κ1) is 23.0. The molecular formula is C30H34N4O2. The third-order valence-corrected chi connectivity index (χ3v) is 8.29. The lowest BCUT2D eigenvalue weighted by molar-refractivity contribution is 0.0715. The van der Waals surface area contributed by atoms with E-state index in [2.05, 4.69) is 42.4 Å². The molecule has 2 aromatic carbocycles.